The van der Waals surface area contributed by atoms with Gasteiger partial charge in [0.2, 0.25) is 0 Å². The van der Waals surface area contributed by atoms with Gasteiger partial charge in [0.1, 0.15) is 5.75 Å². The number of carbonyl (C=O) groups excluding carboxylic acids is 1. The van der Waals surface area contributed by atoms with Gasteiger partial charge in [0, 0.05) is 0 Å². The lowest BCUT2D eigenvalue weighted by Crippen LogP contribution is -2.27. The molecule has 1 aliphatic rings. The van der Waals surface area contributed by atoms with Gasteiger partial charge in [-0.1, -0.05) is 35.9 Å². The molecule has 1 unspecified atom stereocenters. The number of amides is 1. The third-order valence-electron chi connectivity index (χ3n) is 4.31. The Labute approximate surface area is 144 Å². The fourth-order valence-corrected chi connectivity index (χ4v) is 2.69. The molecule has 0 radical (unpaired) electrons. The first-order chi connectivity index (χ1) is 11.4. The zero-order valence-corrected chi connectivity index (χ0v) is 15.0. The predicted molar refractivity (Wildman–Crippen MR) is 98.3 cm³/mol. The lowest BCUT2D eigenvalue weighted by molar-refractivity contribution is -0.123. The van der Waals surface area contributed by atoms with Crippen molar-refractivity contribution in [1.82, 2.24) is 5.43 Å². The van der Waals surface area contributed by atoms with Gasteiger partial charge in [0.05, 0.1) is 5.71 Å². The van der Waals surface area contributed by atoms with Crippen LogP contribution in [-0.4, -0.2) is 18.2 Å². The minimum absolute atomic E-state index is 0.0483. The molecule has 4 heteroatoms. The number of hydrazone groups is 1. The molecular weight excluding hydrogens is 300 g/mol. The van der Waals surface area contributed by atoms with Gasteiger partial charge >= 0.3 is 0 Å². The van der Waals surface area contributed by atoms with E-state index in [-0.39, 0.29) is 12.5 Å². The molecule has 0 aliphatic heterocycles. The number of benzene rings is 1. The van der Waals surface area contributed by atoms with E-state index in [1.807, 2.05) is 45.9 Å². The maximum absolute atomic E-state index is 12.0. The largest absolute Gasteiger partial charge is 0.483 e. The standard InChI is InChI=1S/C20H26N2O2/c1-13(2)17-8-7-15(4)18(11-17)21-22-20(23)12-24-19-9-6-14(3)10-16(19)5/h6-7,9-10,17H,1,8,11-12H2,2-5H3,(H,22,23)/b21-18+. The molecule has 1 aliphatic carbocycles. The van der Waals surface area contributed by atoms with Crippen molar-refractivity contribution in [1.29, 1.82) is 0 Å². The average molecular weight is 326 g/mol. The molecule has 24 heavy (non-hydrogen) atoms. The summed E-state index contributed by atoms with van der Waals surface area (Å²) in [5.74, 6) is 0.864. The van der Waals surface area contributed by atoms with Crippen LogP contribution in [0.15, 0.2) is 47.1 Å². The molecular formula is C20H26N2O2. The fourth-order valence-electron chi connectivity index (χ4n) is 2.69. The smallest absolute Gasteiger partial charge is 0.277 e. The summed E-state index contributed by atoms with van der Waals surface area (Å²) in [6.45, 7) is 12.0. The second-order valence-electron chi connectivity index (χ2n) is 6.52. The zero-order valence-electron chi connectivity index (χ0n) is 15.0. The Bertz CT molecular complexity index is 702. The number of nitrogens with zero attached hydrogens (tertiary/aromatic N) is 1. The number of nitrogens with one attached hydrogen (secondary N) is 1. The quantitative estimate of drug-likeness (QED) is 0.654. The zero-order chi connectivity index (χ0) is 17.7. The Kier molecular flexibility index (Phi) is 5.96. The van der Waals surface area contributed by atoms with Gasteiger partial charge in [-0.15, -0.1) is 0 Å². The normalized spacial score (nSPS) is 18.9. The van der Waals surface area contributed by atoms with Crippen molar-refractivity contribution in [2.45, 2.75) is 40.5 Å². The van der Waals surface area contributed by atoms with Crippen LogP contribution in [0.2, 0.25) is 0 Å². The van der Waals surface area contributed by atoms with E-state index in [0.29, 0.717) is 5.92 Å². The second-order valence-corrected chi connectivity index (χ2v) is 6.52. The van der Waals surface area contributed by atoms with E-state index in [2.05, 4.69) is 23.2 Å². The summed E-state index contributed by atoms with van der Waals surface area (Å²) in [5.41, 5.74) is 7.96. The summed E-state index contributed by atoms with van der Waals surface area (Å²) in [4.78, 5) is 12.0. The molecule has 2 rings (SSSR count). The van der Waals surface area contributed by atoms with Gasteiger partial charge in [-0.2, -0.15) is 5.10 Å². The minimum atomic E-state index is -0.257. The SMILES string of the molecule is C=C(C)C1CC=C(C)/C(=N/NC(=O)COc2ccc(C)cc2C)C1. The number of carbonyl (C=O) groups is 1. The van der Waals surface area contributed by atoms with Crippen molar-refractivity contribution in [2.24, 2.45) is 11.0 Å². The first kappa shape index (κ1) is 18.0. The third-order valence-corrected chi connectivity index (χ3v) is 4.31. The van der Waals surface area contributed by atoms with Crippen molar-refractivity contribution in [3.05, 3.63) is 53.1 Å². The number of aryl methyl sites for hydroxylation is 2. The Morgan fingerprint density at radius 2 is 2.12 bits per heavy atom. The predicted octanol–water partition coefficient (Wildman–Crippen LogP) is 4.09. The molecule has 0 heterocycles. The number of rotatable bonds is 5. The van der Waals surface area contributed by atoms with Crippen LogP contribution in [0, 0.1) is 19.8 Å². The van der Waals surface area contributed by atoms with E-state index in [9.17, 15) is 4.79 Å². The Hall–Kier alpha value is -2.36. The first-order valence-electron chi connectivity index (χ1n) is 8.24. The molecule has 128 valence electrons. The Morgan fingerprint density at radius 3 is 2.79 bits per heavy atom. The van der Waals surface area contributed by atoms with Crippen LogP contribution in [0.3, 0.4) is 0 Å². The van der Waals surface area contributed by atoms with E-state index in [1.165, 1.54) is 5.56 Å². The van der Waals surface area contributed by atoms with Crippen molar-refractivity contribution in [3.8, 4) is 5.75 Å². The Balaban J connectivity index is 1.91. The van der Waals surface area contributed by atoms with Crippen LogP contribution in [0.1, 0.15) is 37.8 Å². The van der Waals surface area contributed by atoms with Crippen LogP contribution in [0.4, 0.5) is 0 Å². The highest BCUT2D eigenvalue weighted by atomic mass is 16.5. The van der Waals surface area contributed by atoms with E-state index < -0.39 is 0 Å². The van der Waals surface area contributed by atoms with E-state index in [0.717, 1.165) is 41.0 Å². The molecule has 4 nitrogen and oxygen atoms in total. The number of allylic oxidation sites excluding steroid dienone is 3. The number of hydrogen-bond acceptors (Lipinski definition) is 3. The van der Waals surface area contributed by atoms with Gasteiger partial charge in [-0.25, -0.2) is 5.43 Å². The van der Waals surface area contributed by atoms with Gasteiger partial charge in [0.25, 0.3) is 5.91 Å². The molecule has 0 saturated heterocycles. The second kappa shape index (κ2) is 7.95. The van der Waals surface area contributed by atoms with Gasteiger partial charge < -0.3 is 4.74 Å². The molecule has 0 bridgehead atoms. The summed E-state index contributed by atoms with van der Waals surface area (Å²) < 4.78 is 5.57. The van der Waals surface area contributed by atoms with Crippen molar-refractivity contribution in [3.63, 3.8) is 0 Å². The van der Waals surface area contributed by atoms with Gasteiger partial charge in [-0.05, 0) is 63.7 Å². The summed E-state index contributed by atoms with van der Waals surface area (Å²) in [6, 6.07) is 5.88. The highest BCUT2D eigenvalue weighted by Crippen LogP contribution is 2.26. The Morgan fingerprint density at radius 1 is 1.38 bits per heavy atom. The average Bonchev–Trinajstić information content (AvgIpc) is 2.53. The van der Waals surface area contributed by atoms with E-state index in [4.69, 9.17) is 4.74 Å². The van der Waals surface area contributed by atoms with E-state index in [1.54, 1.807) is 0 Å². The maximum atomic E-state index is 12.0. The van der Waals surface area contributed by atoms with Gasteiger partial charge in [0.15, 0.2) is 6.61 Å². The van der Waals surface area contributed by atoms with Crippen LogP contribution in [0.25, 0.3) is 0 Å². The monoisotopic (exact) mass is 326 g/mol. The summed E-state index contributed by atoms with van der Waals surface area (Å²) >= 11 is 0. The number of hydrogen-bond donors (Lipinski definition) is 1. The highest BCUT2D eigenvalue weighted by Gasteiger charge is 2.18. The number of ether oxygens (including phenoxy) is 1. The molecule has 1 aromatic carbocycles. The van der Waals surface area contributed by atoms with Crippen LogP contribution in [-0.2, 0) is 4.79 Å². The molecule has 1 amide bonds. The topological polar surface area (TPSA) is 50.7 Å². The molecule has 0 spiro atoms. The molecule has 0 saturated carbocycles. The molecule has 1 N–H and O–H groups in total. The first-order valence-corrected chi connectivity index (χ1v) is 8.24. The summed E-state index contributed by atoms with van der Waals surface area (Å²) in [5, 5.41) is 4.27. The van der Waals surface area contributed by atoms with Gasteiger partial charge in [-0.3, -0.25) is 4.79 Å². The van der Waals surface area contributed by atoms with Crippen LogP contribution < -0.4 is 10.2 Å². The van der Waals surface area contributed by atoms with Crippen molar-refractivity contribution >= 4 is 11.6 Å². The molecule has 1 aromatic rings. The molecule has 0 aromatic heterocycles. The fraction of sp³-hybridized carbons (Fsp3) is 0.400. The molecule has 0 fully saturated rings. The maximum Gasteiger partial charge on any atom is 0.277 e. The lowest BCUT2D eigenvalue weighted by Gasteiger charge is -2.22. The minimum Gasteiger partial charge on any atom is -0.483 e. The summed E-state index contributed by atoms with van der Waals surface area (Å²) in [6.07, 6.45) is 3.96. The van der Waals surface area contributed by atoms with Crippen LogP contribution in [0.5, 0.6) is 5.75 Å². The van der Waals surface area contributed by atoms with Crippen LogP contribution >= 0.6 is 0 Å². The molecule has 1 atom stereocenters. The highest BCUT2D eigenvalue weighted by molar-refractivity contribution is 6.01. The lowest BCUT2D eigenvalue weighted by atomic mass is 9.85. The summed E-state index contributed by atoms with van der Waals surface area (Å²) in [7, 11) is 0. The third kappa shape index (κ3) is 4.82. The van der Waals surface area contributed by atoms with Crippen molar-refractivity contribution in [2.75, 3.05) is 6.61 Å². The van der Waals surface area contributed by atoms with E-state index >= 15 is 0 Å². The van der Waals surface area contributed by atoms with Crippen molar-refractivity contribution < 1.29 is 9.53 Å².